The van der Waals surface area contributed by atoms with Crippen LogP contribution in [0.2, 0.25) is 0 Å². The summed E-state index contributed by atoms with van der Waals surface area (Å²) < 4.78 is 4.53. The number of hydrogen-bond donors (Lipinski definition) is 0. The van der Waals surface area contributed by atoms with E-state index in [2.05, 4.69) is 90.7 Å². The summed E-state index contributed by atoms with van der Waals surface area (Å²) in [7, 11) is 3.99. The number of thiophene rings is 1. The monoisotopic (exact) mass is 817 g/mol. The Bertz CT molecular complexity index is 2230. The van der Waals surface area contributed by atoms with Gasteiger partial charge < -0.3 is 14.5 Å². The predicted molar refractivity (Wildman–Crippen MR) is 196 cm³/mol. The molecule has 0 amide bonds. The first kappa shape index (κ1) is 34.4. The molecule has 0 saturated carbocycles. The van der Waals surface area contributed by atoms with Crippen LogP contribution >= 0.6 is 11.3 Å². The molecule has 5 heteroatoms. The summed E-state index contributed by atoms with van der Waals surface area (Å²) in [5, 5.41) is 2.61. The fourth-order valence-corrected chi connectivity index (χ4v) is 6.19. The summed E-state index contributed by atoms with van der Waals surface area (Å²) >= 11 is 1.82. The Kier molecular flexibility index (Phi) is 11.7. The van der Waals surface area contributed by atoms with Crippen molar-refractivity contribution in [3.05, 3.63) is 182 Å². The van der Waals surface area contributed by atoms with E-state index in [0.29, 0.717) is 0 Å². The Hall–Kier alpha value is -4.93. The first-order chi connectivity index (χ1) is 23.0. The van der Waals surface area contributed by atoms with E-state index in [4.69, 9.17) is 0 Å². The second kappa shape index (κ2) is 16.3. The van der Waals surface area contributed by atoms with E-state index in [0.717, 1.165) is 45.2 Å². The number of aromatic nitrogens is 3. The summed E-state index contributed by atoms with van der Waals surface area (Å²) in [6.45, 7) is 6.09. The maximum atomic E-state index is 4.49. The molecule has 0 aliphatic heterocycles. The number of aryl methyl sites for hydroxylation is 3. The third-order valence-electron chi connectivity index (χ3n) is 7.66. The second-order valence-electron chi connectivity index (χ2n) is 11.1. The van der Waals surface area contributed by atoms with Crippen molar-refractivity contribution in [1.82, 2.24) is 9.97 Å². The van der Waals surface area contributed by atoms with Gasteiger partial charge in [0.1, 0.15) is 5.69 Å². The normalized spacial score (nSPS) is 10.3. The topological polar surface area (TPSA) is 29.7 Å². The second-order valence-corrected chi connectivity index (χ2v) is 12.2. The summed E-state index contributed by atoms with van der Waals surface area (Å²) in [5.74, 6) is 0. The van der Waals surface area contributed by atoms with Crippen LogP contribution in [0.15, 0.2) is 140 Å². The van der Waals surface area contributed by atoms with Crippen LogP contribution in [0.5, 0.6) is 0 Å². The van der Waals surface area contributed by atoms with Gasteiger partial charge in [-0.05, 0) is 66.0 Å². The van der Waals surface area contributed by atoms with E-state index in [-0.39, 0.29) is 20.1 Å². The molecule has 0 spiro atoms. The number of pyridine rings is 3. The zero-order chi connectivity index (χ0) is 32.6. The quantitative estimate of drug-likeness (QED) is 0.131. The third-order valence-corrected chi connectivity index (χ3v) is 8.80. The average Bonchev–Trinajstić information content (AvgIpc) is 3.49. The van der Waals surface area contributed by atoms with Crippen LogP contribution in [0.1, 0.15) is 17.0 Å². The van der Waals surface area contributed by atoms with Crippen molar-refractivity contribution in [2.75, 3.05) is 0 Å². The van der Waals surface area contributed by atoms with Gasteiger partial charge in [-0.25, -0.2) is 0 Å². The van der Waals surface area contributed by atoms with Crippen molar-refractivity contribution in [3.8, 4) is 33.8 Å². The van der Waals surface area contributed by atoms with Gasteiger partial charge in [0, 0.05) is 43.7 Å². The van der Waals surface area contributed by atoms with Crippen LogP contribution in [0.25, 0.3) is 53.9 Å². The molecule has 0 aliphatic rings. The Morgan fingerprint density at radius 2 is 1.35 bits per heavy atom. The van der Waals surface area contributed by atoms with Gasteiger partial charge in [0.25, 0.3) is 0 Å². The van der Waals surface area contributed by atoms with Crippen molar-refractivity contribution in [2.45, 2.75) is 20.8 Å². The zero-order valence-electron chi connectivity index (χ0n) is 27.1. The van der Waals surface area contributed by atoms with Crippen LogP contribution < -0.4 is 4.57 Å². The summed E-state index contributed by atoms with van der Waals surface area (Å²) in [5.41, 5.74) is 9.59. The molecule has 4 aromatic heterocycles. The van der Waals surface area contributed by atoms with Gasteiger partial charge in [0.2, 0.25) is 0 Å². The van der Waals surface area contributed by atoms with Crippen molar-refractivity contribution in [3.63, 3.8) is 0 Å². The summed E-state index contributed by atoms with van der Waals surface area (Å²) in [4.78, 5) is 8.90. The van der Waals surface area contributed by atoms with Gasteiger partial charge in [-0.1, -0.05) is 65.5 Å². The van der Waals surface area contributed by atoms with Crippen molar-refractivity contribution < 1.29 is 24.7 Å². The Balaban J connectivity index is 0.000000144. The Labute approximate surface area is 301 Å². The summed E-state index contributed by atoms with van der Waals surface area (Å²) in [6, 6.07) is 54.6. The molecule has 4 heterocycles. The maximum Gasteiger partial charge on any atom is 0.115 e. The minimum Gasteiger partial charge on any atom is -0.318 e. The number of benzene rings is 4. The SMILES string of the molecule is Cc1ccc(-c2[c-]cc3sc4ccccc4c3c2)nc1.Cc1cccc(-c2[c-]cccc2)n1.[CH2-][n+]1c(C)cccc1-c1[c-]cccc1.[Ir]. The maximum absolute atomic E-state index is 4.49. The average molecular weight is 817 g/mol. The van der Waals surface area contributed by atoms with E-state index in [1.165, 1.54) is 25.7 Å². The van der Waals surface area contributed by atoms with E-state index >= 15 is 0 Å². The number of nitrogens with zero attached hydrogens (tertiary/aromatic N) is 3. The smallest absolute Gasteiger partial charge is 0.115 e. The van der Waals surface area contributed by atoms with Gasteiger partial charge in [-0.2, -0.15) is 11.3 Å². The standard InChI is InChI=1S/C18H12NS.C13H12N.C12H10N.Ir/c1-12-6-8-16(19-11-12)13-7-9-18-15(10-13)14-4-2-3-5-17(14)20-18;1-11-7-6-10-13(14(11)2)12-8-4-3-5-9-12;1-10-6-5-9-12(13-10)11-7-3-2-4-8-11;/h2-6,8-11H,1H3;3-8,10H,2H2,1H3;2-7,9H,1H3;/q3*-1;. The van der Waals surface area contributed by atoms with Crippen LogP contribution in [0, 0.1) is 46.0 Å². The van der Waals surface area contributed by atoms with Crippen LogP contribution in [-0.4, -0.2) is 9.97 Å². The molecular formula is C43H34IrN3S-3. The van der Waals surface area contributed by atoms with E-state index in [1.807, 2.05) is 121 Å². The Morgan fingerprint density at radius 1 is 0.625 bits per heavy atom. The molecule has 8 aromatic rings. The molecule has 0 aliphatic carbocycles. The van der Waals surface area contributed by atoms with Gasteiger partial charge in [-0.3, -0.25) is 0 Å². The molecule has 0 N–H and O–H groups in total. The van der Waals surface area contributed by atoms with E-state index in [9.17, 15) is 0 Å². The molecule has 0 unspecified atom stereocenters. The number of fused-ring (bicyclic) bond motifs is 3. The number of hydrogen-bond acceptors (Lipinski definition) is 3. The fraction of sp³-hybridized carbons (Fsp3) is 0.0698. The predicted octanol–water partition coefficient (Wildman–Crippen LogP) is 10.5. The fourth-order valence-electron chi connectivity index (χ4n) is 5.13. The first-order valence-electron chi connectivity index (χ1n) is 15.4. The minimum atomic E-state index is 0. The molecule has 8 rings (SSSR count). The van der Waals surface area contributed by atoms with Crippen LogP contribution in [0.4, 0.5) is 0 Å². The van der Waals surface area contributed by atoms with Gasteiger partial charge in [0.15, 0.2) is 0 Å². The molecule has 239 valence electrons. The van der Waals surface area contributed by atoms with Crippen LogP contribution in [0.3, 0.4) is 0 Å². The molecular weight excluding hydrogens is 783 g/mol. The van der Waals surface area contributed by atoms with Crippen molar-refractivity contribution in [2.24, 2.45) is 0 Å². The van der Waals surface area contributed by atoms with Gasteiger partial charge in [0.05, 0.1) is 5.69 Å². The molecule has 48 heavy (non-hydrogen) atoms. The molecule has 0 atom stereocenters. The molecule has 0 saturated heterocycles. The molecule has 0 bridgehead atoms. The first-order valence-corrected chi connectivity index (χ1v) is 16.2. The van der Waals surface area contributed by atoms with Gasteiger partial charge >= 0.3 is 0 Å². The molecule has 1 radical (unpaired) electrons. The third kappa shape index (κ3) is 8.31. The minimum absolute atomic E-state index is 0. The zero-order valence-corrected chi connectivity index (χ0v) is 30.3. The molecule has 0 fully saturated rings. The van der Waals surface area contributed by atoms with Gasteiger partial charge in [-0.15, -0.1) is 90.0 Å². The number of rotatable bonds is 3. The van der Waals surface area contributed by atoms with Crippen LogP contribution in [-0.2, 0) is 20.1 Å². The molecule has 4 aromatic carbocycles. The van der Waals surface area contributed by atoms with E-state index in [1.54, 1.807) is 0 Å². The largest absolute Gasteiger partial charge is 0.318 e. The Morgan fingerprint density at radius 3 is 2.06 bits per heavy atom. The van der Waals surface area contributed by atoms with Crippen molar-refractivity contribution in [1.29, 1.82) is 0 Å². The van der Waals surface area contributed by atoms with E-state index < -0.39 is 0 Å². The van der Waals surface area contributed by atoms with Crippen molar-refractivity contribution >= 4 is 31.5 Å². The molecule has 3 nitrogen and oxygen atoms in total. The summed E-state index contributed by atoms with van der Waals surface area (Å²) in [6.07, 6.45) is 1.90.